The van der Waals surface area contributed by atoms with E-state index in [1.54, 1.807) is 36.4 Å². The number of likely N-dealkylation sites (tertiary alicyclic amines) is 1. The second kappa shape index (κ2) is 6.78. The van der Waals surface area contributed by atoms with E-state index in [0.29, 0.717) is 25.2 Å². The molecule has 1 saturated heterocycles. The van der Waals surface area contributed by atoms with Crippen LogP contribution in [0.25, 0.3) is 0 Å². The number of amides is 2. The van der Waals surface area contributed by atoms with E-state index in [-0.39, 0.29) is 35.8 Å². The average Bonchev–Trinajstić information content (AvgIpc) is 2.67. The first-order chi connectivity index (χ1) is 12.6. The zero-order chi connectivity index (χ0) is 18.1. The quantitative estimate of drug-likeness (QED) is 0.904. The summed E-state index contributed by atoms with van der Waals surface area (Å²) in [4.78, 5) is 38.6. The molecule has 0 aliphatic carbocycles. The van der Waals surface area contributed by atoms with E-state index in [2.05, 4.69) is 5.32 Å². The first-order valence-electron chi connectivity index (χ1n) is 8.92. The number of pyridine rings is 1. The van der Waals surface area contributed by atoms with Gasteiger partial charge in [0.05, 0.1) is 6.54 Å². The summed E-state index contributed by atoms with van der Waals surface area (Å²) in [6.45, 7) is 1.89. The van der Waals surface area contributed by atoms with Crippen molar-refractivity contribution in [2.75, 3.05) is 19.6 Å². The van der Waals surface area contributed by atoms with Crippen molar-refractivity contribution in [1.82, 2.24) is 14.8 Å². The first-order valence-corrected chi connectivity index (χ1v) is 8.92. The third-order valence-corrected chi connectivity index (χ3v) is 5.27. The van der Waals surface area contributed by atoms with Gasteiger partial charge in [-0.1, -0.05) is 24.3 Å². The molecule has 1 fully saturated rings. The number of piperidine rings is 1. The van der Waals surface area contributed by atoms with Gasteiger partial charge in [0.2, 0.25) is 5.91 Å². The summed E-state index contributed by atoms with van der Waals surface area (Å²) in [6, 6.07) is 14.2. The fourth-order valence-electron chi connectivity index (χ4n) is 4.06. The molecule has 0 saturated carbocycles. The van der Waals surface area contributed by atoms with E-state index >= 15 is 0 Å². The number of carbonyl (C=O) groups excluding carboxylic acids is 2. The van der Waals surface area contributed by atoms with E-state index in [0.717, 1.165) is 12.1 Å². The number of hydrogen-bond donors (Lipinski definition) is 1. The van der Waals surface area contributed by atoms with Crippen molar-refractivity contribution < 1.29 is 9.59 Å². The Morgan fingerprint density at radius 2 is 1.81 bits per heavy atom. The van der Waals surface area contributed by atoms with Crippen molar-refractivity contribution in [2.45, 2.75) is 18.9 Å². The fraction of sp³-hybridized carbons (Fsp3) is 0.350. The van der Waals surface area contributed by atoms with Crippen molar-refractivity contribution in [2.24, 2.45) is 5.92 Å². The lowest BCUT2D eigenvalue weighted by Crippen LogP contribution is -2.51. The Morgan fingerprint density at radius 1 is 1.00 bits per heavy atom. The van der Waals surface area contributed by atoms with Crippen LogP contribution < -0.4 is 10.9 Å². The number of carbonyl (C=O) groups is 2. The van der Waals surface area contributed by atoms with Crippen LogP contribution in [0.4, 0.5) is 0 Å². The van der Waals surface area contributed by atoms with Gasteiger partial charge < -0.3 is 14.8 Å². The lowest BCUT2D eigenvalue weighted by Gasteiger charge is -2.42. The van der Waals surface area contributed by atoms with E-state index in [1.807, 2.05) is 21.6 Å². The lowest BCUT2D eigenvalue weighted by atomic mass is 9.83. The number of benzene rings is 1. The van der Waals surface area contributed by atoms with Gasteiger partial charge in [0.25, 0.3) is 11.5 Å². The molecule has 0 radical (unpaired) electrons. The van der Waals surface area contributed by atoms with Gasteiger partial charge >= 0.3 is 0 Å². The molecule has 2 amide bonds. The predicted molar refractivity (Wildman–Crippen MR) is 96.9 cm³/mol. The molecule has 4 rings (SSSR count). The van der Waals surface area contributed by atoms with Gasteiger partial charge in [-0.3, -0.25) is 14.4 Å². The topological polar surface area (TPSA) is 71.4 Å². The predicted octanol–water partition coefficient (Wildman–Crippen LogP) is 1.22. The van der Waals surface area contributed by atoms with Crippen LogP contribution in [-0.4, -0.2) is 40.9 Å². The maximum Gasteiger partial charge on any atom is 0.251 e. The zero-order valence-electron chi connectivity index (χ0n) is 14.4. The second-order valence-electron chi connectivity index (χ2n) is 7.05. The van der Waals surface area contributed by atoms with Gasteiger partial charge in [-0.05, 0) is 30.5 Å². The van der Waals surface area contributed by atoms with Crippen LogP contribution in [0, 0.1) is 5.92 Å². The number of nitrogens with one attached hydrogen (secondary N) is 1. The molecule has 2 aliphatic rings. The molecule has 6 heteroatoms. The van der Waals surface area contributed by atoms with E-state index in [1.165, 1.54) is 0 Å². The molecule has 2 aliphatic heterocycles. The van der Waals surface area contributed by atoms with Crippen molar-refractivity contribution in [3.8, 4) is 0 Å². The highest BCUT2D eigenvalue weighted by Crippen LogP contribution is 2.34. The summed E-state index contributed by atoms with van der Waals surface area (Å²) in [5.74, 6) is 0.157. The summed E-state index contributed by atoms with van der Waals surface area (Å²) >= 11 is 0. The molecule has 1 aromatic heterocycles. The van der Waals surface area contributed by atoms with Crippen molar-refractivity contribution >= 4 is 11.8 Å². The van der Waals surface area contributed by atoms with Crippen molar-refractivity contribution in [3.05, 3.63) is 70.1 Å². The Morgan fingerprint density at radius 3 is 2.62 bits per heavy atom. The largest absolute Gasteiger partial charge is 0.343 e. The smallest absolute Gasteiger partial charge is 0.251 e. The number of fused-ring (bicyclic) bond motifs is 4. The zero-order valence-corrected chi connectivity index (χ0v) is 14.4. The summed E-state index contributed by atoms with van der Waals surface area (Å²) in [5.41, 5.74) is 1.59. The summed E-state index contributed by atoms with van der Waals surface area (Å²) < 4.78 is 1.85. The van der Waals surface area contributed by atoms with Gasteiger partial charge in [0.1, 0.15) is 0 Å². The molecule has 26 heavy (non-hydrogen) atoms. The van der Waals surface area contributed by atoms with E-state index < -0.39 is 0 Å². The van der Waals surface area contributed by atoms with Crippen molar-refractivity contribution in [3.63, 3.8) is 0 Å². The maximum atomic E-state index is 12.6. The van der Waals surface area contributed by atoms with Crippen LogP contribution >= 0.6 is 0 Å². The molecular formula is C20H21N3O3. The number of hydrogen-bond acceptors (Lipinski definition) is 3. The van der Waals surface area contributed by atoms with Crippen LogP contribution in [0.5, 0.6) is 0 Å². The average molecular weight is 351 g/mol. The third kappa shape index (κ3) is 3.14. The van der Waals surface area contributed by atoms with Gasteiger partial charge in [-0.15, -0.1) is 0 Å². The van der Waals surface area contributed by atoms with Gasteiger partial charge in [0.15, 0.2) is 0 Å². The number of aromatic nitrogens is 1. The molecule has 0 spiro atoms. The first kappa shape index (κ1) is 16.6. The van der Waals surface area contributed by atoms with Crippen molar-refractivity contribution in [1.29, 1.82) is 0 Å². The minimum absolute atomic E-state index is 0.00520. The molecular weight excluding hydrogens is 330 g/mol. The van der Waals surface area contributed by atoms with E-state index in [4.69, 9.17) is 0 Å². The van der Waals surface area contributed by atoms with Gasteiger partial charge in [0, 0.05) is 42.9 Å². The molecule has 134 valence electrons. The van der Waals surface area contributed by atoms with Crippen LogP contribution in [-0.2, 0) is 11.3 Å². The number of rotatable bonds is 3. The molecule has 2 atom stereocenters. The molecule has 1 N–H and O–H groups in total. The minimum Gasteiger partial charge on any atom is -0.343 e. The highest BCUT2D eigenvalue weighted by molar-refractivity contribution is 5.96. The molecule has 0 unspecified atom stereocenters. The SMILES string of the molecule is O=C(NCC(=O)N1C[C@H]2C[C@@H](C1)c1cccc(=O)n1C2)c1ccccc1. The Bertz CT molecular complexity index is 891. The minimum atomic E-state index is -0.243. The summed E-state index contributed by atoms with van der Waals surface area (Å²) in [5, 5.41) is 2.70. The van der Waals surface area contributed by atoms with Gasteiger partial charge in [-0.25, -0.2) is 0 Å². The second-order valence-corrected chi connectivity index (χ2v) is 7.05. The standard InChI is InChI=1S/C20H21N3O3/c24-18-8-4-7-17-16-9-14(12-23(17)18)11-22(13-16)19(25)10-21-20(26)15-5-2-1-3-6-15/h1-8,14,16H,9-13H2,(H,21,26)/t14-,16+/m1/s1. The monoisotopic (exact) mass is 351 g/mol. The van der Waals surface area contributed by atoms with Crippen LogP contribution in [0.2, 0.25) is 0 Å². The van der Waals surface area contributed by atoms with Crippen LogP contribution in [0.3, 0.4) is 0 Å². The Kier molecular flexibility index (Phi) is 4.32. The third-order valence-electron chi connectivity index (χ3n) is 5.27. The van der Waals surface area contributed by atoms with Crippen LogP contribution in [0.1, 0.15) is 28.4 Å². The normalized spacial score (nSPS) is 21.0. The Labute approximate surface area is 151 Å². The molecule has 3 heterocycles. The fourth-order valence-corrected chi connectivity index (χ4v) is 4.06. The Balaban J connectivity index is 1.41. The lowest BCUT2D eigenvalue weighted by molar-refractivity contribution is -0.132. The summed E-state index contributed by atoms with van der Waals surface area (Å²) in [7, 11) is 0. The van der Waals surface area contributed by atoms with Crippen LogP contribution in [0.15, 0.2) is 53.3 Å². The number of nitrogens with zero attached hydrogens (tertiary/aromatic N) is 2. The summed E-state index contributed by atoms with van der Waals surface area (Å²) in [6.07, 6.45) is 1.00. The maximum absolute atomic E-state index is 12.6. The molecule has 2 bridgehead atoms. The highest BCUT2D eigenvalue weighted by Gasteiger charge is 2.36. The Hall–Kier alpha value is -2.89. The van der Waals surface area contributed by atoms with Gasteiger partial charge in [-0.2, -0.15) is 0 Å². The molecule has 2 aromatic rings. The molecule has 1 aromatic carbocycles. The highest BCUT2D eigenvalue weighted by atomic mass is 16.2. The van der Waals surface area contributed by atoms with E-state index in [9.17, 15) is 14.4 Å². The molecule has 6 nitrogen and oxygen atoms in total.